The molecule has 122 valence electrons. The van der Waals surface area contributed by atoms with Gasteiger partial charge < -0.3 is 10.2 Å². The summed E-state index contributed by atoms with van der Waals surface area (Å²) in [4.78, 5) is 22.9. The molecule has 1 N–H and O–H groups in total. The third kappa shape index (κ3) is 5.06. The van der Waals surface area contributed by atoms with E-state index in [2.05, 4.69) is 41.3 Å². The first kappa shape index (κ1) is 16.9. The number of aryl methyl sites for hydroxylation is 1. The number of anilines is 1. The molecule has 5 nitrogen and oxygen atoms in total. The number of benzene rings is 1. The van der Waals surface area contributed by atoms with Gasteiger partial charge >= 0.3 is 0 Å². The third-order valence-corrected chi connectivity index (χ3v) is 3.38. The number of hydrogen-bond acceptors (Lipinski definition) is 4. The molecule has 1 heterocycles. The maximum atomic E-state index is 12.2. The highest BCUT2D eigenvalue weighted by Crippen LogP contribution is 2.14. The molecule has 0 unspecified atom stereocenters. The topological polar surface area (TPSA) is 58.1 Å². The van der Waals surface area contributed by atoms with E-state index in [4.69, 9.17) is 0 Å². The van der Waals surface area contributed by atoms with E-state index in [1.54, 1.807) is 13.0 Å². The van der Waals surface area contributed by atoms with Crippen molar-refractivity contribution in [2.45, 2.75) is 27.3 Å². The molecule has 2 aromatic rings. The second-order valence-corrected chi connectivity index (χ2v) is 6.10. The van der Waals surface area contributed by atoms with Crippen LogP contribution in [0.2, 0.25) is 0 Å². The minimum atomic E-state index is -0.154. The molecule has 0 spiro atoms. The number of carbonyl (C=O) groups is 1. The summed E-state index contributed by atoms with van der Waals surface area (Å²) in [7, 11) is 1.96. The fraction of sp³-hybridized carbons (Fsp3) is 0.389. The smallest absolute Gasteiger partial charge is 0.270 e. The Labute approximate surface area is 137 Å². The first-order chi connectivity index (χ1) is 11.0. The molecule has 0 fully saturated rings. The normalized spacial score (nSPS) is 10.7. The summed E-state index contributed by atoms with van der Waals surface area (Å²) in [6, 6.07) is 11.9. The number of amides is 1. The zero-order valence-corrected chi connectivity index (χ0v) is 14.2. The number of aromatic nitrogens is 2. The Bertz CT molecular complexity index is 655. The maximum Gasteiger partial charge on any atom is 0.270 e. The molecular formula is C18H24N4O. The fourth-order valence-electron chi connectivity index (χ4n) is 2.19. The summed E-state index contributed by atoms with van der Waals surface area (Å²) in [5.41, 5.74) is 1.60. The fourth-order valence-corrected chi connectivity index (χ4v) is 2.19. The van der Waals surface area contributed by atoms with E-state index in [0.29, 0.717) is 24.0 Å². The molecule has 0 saturated heterocycles. The van der Waals surface area contributed by atoms with Crippen LogP contribution in [-0.4, -0.2) is 29.5 Å². The first-order valence-corrected chi connectivity index (χ1v) is 7.84. The van der Waals surface area contributed by atoms with Crippen molar-refractivity contribution in [1.82, 2.24) is 15.3 Å². The Morgan fingerprint density at radius 1 is 1.22 bits per heavy atom. The van der Waals surface area contributed by atoms with Gasteiger partial charge in [0.2, 0.25) is 0 Å². The highest BCUT2D eigenvalue weighted by atomic mass is 16.1. The van der Waals surface area contributed by atoms with Crippen LogP contribution in [0.3, 0.4) is 0 Å². The zero-order valence-electron chi connectivity index (χ0n) is 14.2. The van der Waals surface area contributed by atoms with Crippen LogP contribution >= 0.6 is 0 Å². The van der Waals surface area contributed by atoms with Crippen molar-refractivity contribution < 1.29 is 4.79 Å². The molecule has 2 rings (SSSR count). The van der Waals surface area contributed by atoms with Crippen LogP contribution in [0.25, 0.3) is 0 Å². The van der Waals surface area contributed by atoms with Gasteiger partial charge in [0.15, 0.2) is 0 Å². The molecule has 1 aromatic carbocycles. The van der Waals surface area contributed by atoms with Gasteiger partial charge in [-0.05, 0) is 18.4 Å². The van der Waals surface area contributed by atoms with Crippen LogP contribution < -0.4 is 10.2 Å². The van der Waals surface area contributed by atoms with Crippen LogP contribution in [0.1, 0.15) is 35.7 Å². The van der Waals surface area contributed by atoms with Crippen molar-refractivity contribution in [2.75, 3.05) is 18.5 Å². The molecule has 0 aliphatic heterocycles. The van der Waals surface area contributed by atoms with Gasteiger partial charge in [-0.25, -0.2) is 9.97 Å². The number of rotatable bonds is 6. The molecule has 23 heavy (non-hydrogen) atoms. The van der Waals surface area contributed by atoms with E-state index in [-0.39, 0.29) is 5.91 Å². The molecule has 0 bridgehead atoms. The summed E-state index contributed by atoms with van der Waals surface area (Å²) in [5.74, 6) is 1.59. The lowest BCUT2D eigenvalue weighted by Gasteiger charge is -2.19. The zero-order chi connectivity index (χ0) is 16.8. The predicted octanol–water partition coefficient (Wildman–Crippen LogP) is 2.81. The molecule has 5 heteroatoms. The average molecular weight is 312 g/mol. The van der Waals surface area contributed by atoms with Gasteiger partial charge in [0.05, 0.1) is 0 Å². The summed E-state index contributed by atoms with van der Waals surface area (Å²) in [6.07, 6.45) is 0. The number of hydrogen-bond donors (Lipinski definition) is 1. The molecule has 0 aliphatic rings. The monoisotopic (exact) mass is 312 g/mol. The Balaban J connectivity index is 2.14. The second kappa shape index (κ2) is 7.72. The number of carbonyl (C=O) groups excluding carboxylic acids is 1. The number of nitrogens with one attached hydrogen (secondary N) is 1. The van der Waals surface area contributed by atoms with E-state index in [1.165, 1.54) is 5.56 Å². The van der Waals surface area contributed by atoms with E-state index >= 15 is 0 Å². The Hall–Kier alpha value is -2.43. The molecule has 0 atom stereocenters. The minimum absolute atomic E-state index is 0.154. The van der Waals surface area contributed by atoms with Crippen LogP contribution in [-0.2, 0) is 6.54 Å². The second-order valence-electron chi connectivity index (χ2n) is 6.10. The van der Waals surface area contributed by atoms with E-state index in [0.717, 1.165) is 12.4 Å². The van der Waals surface area contributed by atoms with Crippen LogP contribution in [0.4, 0.5) is 5.82 Å². The van der Waals surface area contributed by atoms with Crippen LogP contribution in [0.5, 0.6) is 0 Å². The Morgan fingerprint density at radius 2 is 1.91 bits per heavy atom. The van der Waals surface area contributed by atoms with Crippen LogP contribution in [0.15, 0.2) is 36.4 Å². The highest BCUT2D eigenvalue weighted by molar-refractivity contribution is 5.92. The van der Waals surface area contributed by atoms with Gasteiger partial charge in [0, 0.05) is 26.2 Å². The molecule has 0 radical (unpaired) electrons. The minimum Gasteiger partial charge on any atom is -0.355 e. The standard InChI is InChI=1S/C18H24N4O/c1-13(2)11-19-18(23)16-10-17(21-14(3)20-16)22(4)12-15-8-6-5-7-9-15/h5-10,13H,11-12H2,1-4H3,(H,19,23). The first-order valence-electron chi connectivity index (χ1n) is 7.84. The van der Waals surface area contributed by atoms with Gasteiger partial charge in [-0.15, -0.1) is 0 Å². The largest absolute Gasteiger partial charge is 0.355 e. The number of nitrogens with zero attached hydrogens (tertiary/aromatic N) is 3. The van der Waals surface area contributed by atoms with Gasteiger partial charge in [0.25, 0.3) is 5.91 Å². The molecule has 0 saturated carbocycles. The summed E-state index contributed by atoms with van der Waals surface area (Å²) < 4.78 is 0. The molecular weight excluding hydrogens is 288 g/mol. The lowest BCUT2D eigenvalue weighted by atomic mass is 10.2. The van der Waals surface area contributed by atoms with Gasteiger partial charge in [-0.1, -0.05) is 44.2 Å². The van der Waals surface area contributed by atoms with Gasteiger partial charge in [-0.3, -0.25) is 4.79 Å². The van der Waals surface area contributed by atoms with Crippen molar-refractivity contribution in [2.24, 2.45) is 5.92 Å². The predicted molar refractivity (Wildman–Crippen MR) is 92.5 cm³/mol. The van der Waals surface area contributed by atoms with E-state index < -0.39 is 0 Å². The summed E-state index contributed by atoms with van der Waals surface area (Å²) in [5, 5.41) is 2.89. The lowest BCUT2D eigenvalue weighted by Crippen LogP contribution is -2.29. The van der Waals surface area contributed by atoms with Crippen molar-refractivity contribution in [3.05, 3.63) is 53.5 Å². The SMILES string of the molecule is Cc1nc(C(=O)NCC(C)C)cc(N(C)Cc2ccccc2)n1. The quantitative estimate of drug-likeness (QED) is 0.891. The van der Waals surface area contributed by atoms with Gasteiger partial charge in [0.1, 0.15) is 17.3 Å². The van der Waals surface area contributed by atoms with E-state index in [9.17, 15) is 4.79 Å². The maximum absolute atomic E-state index is 12.2. The van der Waals surface area contributed by atoms with Crippen molar-refractivity contribution in [3.63, 3.8) is 0 Å². The molecule has 1 aromatic heterocycles. The Kier molecular flexibility index (Phi) is 5.68. The average Bonchev–Trinajstić information content (AvgIpc) is 2.52. The lowest BCUT2D eigenvalue weighted by molar-refractivity contribution is 0.0943. The third-order valence-electron chi connectivity index (χ3n) is 3.38. The summed E-state index contributed by atoms with van der Waals surface area (Å²) >= 11 is 0. The van der Waals surface area contributed by atoms with Crippen LogP contribution in [0, 0.1) is 12.8 Å². The Morgan fingerprint density at radius 3 is 2.57 bits per heavy atom. The highest BCUT2D eigenvalue weighted by Gasteiger charge is 2.13. The van der Waals surface area contributed by atoms with Gasteiger partial charge in [-0.2, -0.15) is 0 Å². The van der Waals surface area contributed by atoms with Crippen molar-refractivity contribution >= 4 is 11.7 Å². The van der Waals surface area contributed by atoms with E-state index in [1.807, 2.05) is 30.1 Å². The molecule has 0 aliphatic carbocycles. The van der Waals surface area contributed by atoms with Crippen molar-refractivity contribution in [3.8, 4) is 0 Å². The van der Waals surface area contributed by atoms with Crippen molar-refractivity contribution in [1.29, 1.82) is 0 Å². The summed E-state index contributed by atoms with van der Waals surface area (Å²) in [6.45, 7) is 7.29. The molecule has 1 amide bonds.